The molecule has 1 spiro atoms. The number of hydrogen-bond acceptors (Lipinski definition) is 4. The highest BCUT2D eigenvalue weighted by molar-refractivity contribution is 5.98. The van der Waals surface area contributed by atoms with Crippen LogP contribution in [0, 0.1) is 0 Å². The molecule has 1 unspecified atom stereocenters. The summed E-state index contributed by atoms with van der Waals surface area (Å²) in [6, 6.07) is 1.94. The molecule has 6 heteroatoms. The van der Waals surface area contributed by atoms with Crippen molar-refractivity contribution in [3.8, 4) is 0 Å². The van der Waals surface area contributed by atoms with Gasteiger partial charge in [0.1, 0.15) is 5.54 Å². The first kappa shape index (κ1) is 15.7. The van der Waals surface area contributed by atoms with Crippen LogP contribution in [0.15, 0.2) is 10.6 Å². The Morgan fingerprint density at radius 2 is 2.00 bits per heavy atom. The van der Waals surface area contributed by atoms with Crippen molar-refractivity contribution < 1.29 is 14.1 Å². The largest absolute Gasteiger partial charge is 0.351 e. The Morgan fingerprint density at radius 1 is 1.29 bits per heavy atom. The van der Waals surface area contributed by atoms with Crippen LogP contribution in [0.4, 0.5) is 0 Å². The van der Waals surface area contributed by atoms with E-state index in [4.69, 9.17) is 4.52 Å². The quantitative estimate of drug-likeness (QED) is 0.854. The summed E-state index contributed by atoms with van der Waals surface area (Å²) in [6.07, 6.45) is 5.56. The first-order chi connectivity index (χ1) is 11.5. The van der Waals surface area contributed by atoms with E-state index in [1.807, 2.05) is 18.7 Å². The van der Waals surface area contributed by atoms with Gasteiger partial charge in [0.25, 0.3) is 5.91 Å². The average Bonchev–Trinajstić information content (AvgIpc) is 3.14. The Hall–Kier alpha value is -1.85. The van der Waals surface area contributed by atoms with Gasteiger partial charge in [-0.1, -0.05) is 5.16 Å². The fourth-order valence-corrected chi connectivity index (χ4v) is 4.26. The van der Waals surface area contributed by atoms with Crippen LogP contribution in [0.5, 0.6) is 0 Å². The maximum atomic E-state index is 13.1. The summed E-state index contributed by atoms with van der Waals surface area (Å²) >= 11 is 0. The minimum atomic E-state index is -0.674. The zero-order valence-electron chi connectivity index (χ0n) is 14.5. The second kappa shape index (κ2) is 5.60. The maximum absolute atomic E-state index is 13.1. The summed E-state index contributed by atoms with van der Waals surface area (Å²) < 4.78 is 5.32. The minimum Gasteiger partial charge on any atom is -0.351 e. The molecule has 1 aromatic rings. The Bertz CT molecular complexity index is 664. The van der Waals surface area contributed by atoms with Gasteiger partial charge in [0.15, 0.2) is 0 Å². The molecule has 2 aliphatic heterocycles. The molecular weight excluding hydrogens is 306 g/mol. The van der Waals surface area contributed by atoms with Crippen molar-refractivity contribution in [1.82, 2.24) is 15.0 Å². The molecule has 0 N–H and O–H groups in total. The van der Waals surface area contributed by atoms with Gasteiger partial charge < -0.3 is 14.3 Å². The van der Waals surface area contributed by atoms with Gasteiger partial charge in [0, 0.05) is 31.1 Å². The summed E-state index contributed by atoms with van der Waals surface area (Å²) in [5, 5.41) is 4.05. The molecule has 4 rings (SSSR count). The number of rotatable bonds is 3. The van der Waals surface area contributed by atoms with Crippen LogP contribution in [-0.2, 0) is 4.79 Å². The zero-order chi connectivity index (χ0) is 16.9. The summed E-state index contributed by atoms with van der Waals surface area (Å²) in [4.78, 5) is 29.9. The molecule has 0 bridgehead atoms. The summed E-state index contributed by atoms with van der Waals surface area (Å²) in [5.41, 5.74) is 0.206. The maximum Gasteiger partial charge on any atom is 0.293 e. The van der Waals surface area contributed by atoms with Crippen LogP contribution < -0.4 is 0 Å². The van der Waals surface area contributed by atoms with Gasteiger partial charge in [-0.25, -0.2) is 0 Å². The van der Waals surface area contributed by atoms with E-state index >= 15 is 0 Å². The number of carbonyl (C=O) groups is 2. The Kier molecular flexibility index (Phi) is 3.66. The van der Waals surface area contributed by atoms with E-state index in [1.54, 1.807) is 11.0 Å². The van der Waals surface area contributed by atoms with Crippen LogP contribution in [0.3, 0.4) is 0 Å². The van der Waals surface area contributed by atoms with E-state index in [-0.39, 0.29) is 23.6 Å². The van der Waals surface area contributed by atoms with Gasteiger partial charge in [0.05, 0.1) is 5.69 Å². The highest BCUT2D eigenvalue weighted by atomic mass is 16.5. The van der Waals surface area contributed by atoms with Crippen molar-refractivity contribution in [2.24, 2.45) is 0 Å². The van der Waals surface area contributed by atoms with E-state index in [2.05, 4.69) is 5.16 Å². The molecule has 130 valence electrons. The Labute approximate surface area is 142 Å². The van der Waals surface area contributed by atoms with Crippen molar-refractivity contribution in [2.75, 3.05) is 13.1 Å². The molecule has 3 heterocycles. The minimum absolute atomic E-state index is 0.108. The smallest absolute Gasteiger partial charge is 0.293 e. The number of carbonyl (C=O) groups excluding carboxylic acids is 2. The van der Waals surface area contributed by atoms with Gasteiger partial charge in [0.2, 0.25) is 11.7 Å². The van der Waals surface area contributed by atoms with Crippen LogP contribution in [-0.4, -0.2) is 51.4 Å². The molecule has 2 saturated heterocycles. The number of nitrogens with zero attached hydrogens (tertiary/aromatic N) is 3. The lowest BCUT2D eigenvalue weighted by Gasteiger charge is -2.45. The first-order valence-electron chi connectivity index (χ1n) is 9.12. The van der Waals surface area contributed by atoms with Gasteiger partial charge in [-0.05, 0) is 52.4 Å². The monoisotopic (exact) mass is 331 g/mol. The van der Waals surface area contributed by atoms with Crippen LogP contribution >= 0.6 is 0 Å². The number of aromatic nitrogens is 1. The zero-order valence-corrected chi connectivity index (χ0v) is 14.5. The molecular formula is C18H25N3O3. The molecule has 1 atom stereocenters. The SMILES string of the molecule is CC(C)N1CCCC2(CCCN2C(=O)c2cc(C3CC3)no2)C1=O. The first-order valence-corrected chi connectivity index (χ1v) is 9.12. The van der Waals surface area contributed by atoms with Crippen LogP contribution in [0.25, 0.3) is 0 Å². The summed E-state index contributed by atoms with van der Waals surface area (Å²) in [7, 11) is 0. The molecule has 24 heavy (non-hydrogen) atoms. The molecule has 1 aliphatic carbocycles. The highest BCUT2D eigenvalue weighted by Gasteiger charge is 2.53. The van der Waals surface area contributed by atoms with Crippen molar-refractivity contribution in [2.45, 2.75) is 69.9 Å². The van der Waals surface area contributed by atoms with Gasteiger partial charge >= 0.3 is 0 Å². The molecule has 3 fully saturated rings. The average molecular weight is 331 g/mol. The fourth-order valence-electron chi connectivity index (χ4n) is 4.26. The topological polar surface area (TPSA) is 66.7 Å². The number of amides is 2. The third kappa shape index (κ3) is 2.34. The fraction of sp³-hybridized carbons (Fsp3) is 0.722. The standard InChI is InChI=1S/C18H25N3O3/c1-12(2)20-9-3-7-18(17(20)23)8-4-10-21(18)16(22)15-11-14(19-24-15)13-5-6-13/h11-13H,3-10H2,1-2H3. The van der Waals surface area contributed by atoms with E-state index in [1.165, 1.54) is 0 Å². The van der Waals surface area contributed by atoms with Gasteiger partial charge in [-0.15, -0.1) is 0 Å². The predicted octanol–water partition coefficient (Wildman–Crippen LogP) is 2.56. The second-order valence-corrected chi connectivity index (χ2v) is 7.68. The lowest BCUT2D eigenvalue weighted by molar-refractivity contribution is -0.147. The van der Waals surface area contributed by atoms with Crippen molar-refractivity contribution in [3.63, 3.8) is 0 Å². The summed E-state index contributed by atoms with van der Waals surface area (Å²) in [6.45, 7) is 5.48. The van der Waals surface area contributed by atoms with E-state index < -0.39 is 5.54 Å². The Balaban J connectivity index is 1.61. The van der Waals surface area contributed by atoms with Gasteiger partial charge in [-0.3, -0.25) is 9.59 Å². The molecule has 1 aromatic heterocycles. The number of likely N-dealkylation sites (tertiary alicyclic amines) is 2. The van der Waals surface area contributed by atoms with Crippen molar-refractivity contribution in [1.29, 1.82) is 0 Å². The normalized spacial score (nSPS) is 27.5. The lowest BCUT2D eigenvalue weighted by atomic mass is 9.84. The van der Waals surface area contributed by atoms with Crippen LogP contribution in [0.2, 0.25) is 0 Å². The highest BCUT2D eigenvalue weighted by Crippen LogP contribution is 2.41. The summed E-state index contributed by atoms with van der Waals surface area (Å²) in [5.74, 6) is 0.672. The van der Waals surface area contributed by atoms with E-state index in [0.29, 0.717) is 12.5 Å². The van der Waals surface area contributed by atoms with Crippen LogP contribution in [0.1, 0.15) is 74.5 Å². The predicted molar refractivity (Wildman–Crippen MR) is 87.6 cm³/mol. The third-order valence-corrected chi connectivity index (χ3v) is 5.74. The molecule has 6 nitrogen and oxygen atoms in total. The second-order valence-electron chi connectivity index (χ2n) is 7.68. The third-order valence-electron chi connectivity index (χ3n) is 5.74. The van der Waals surface area contributed by atoms with E-state index in [9.17, 15) is 9.59 Å². The van der Waals surface area contributed by atoms with Crippen molar-refractivity contribution in [3.05, 3.63) is 17.5 Å². The number of piperidine rings is 1. The van der Waals surface area contributed by atoms with E-state index in [0.717, 1.165) is 50.8 Å². The molecule has 1 saturated carbocycles. The number of hydrogen-bond donors (Lipinski definition) is 0. The molecule has 0 aromatic carbocycles. The molecule has 0 radical (unpaired) electrons. The lowest BCUT2D eigenvalue weighted by Crippen LogP contribution is -2.62. The molecule has 3 aliphatic rings. The van der Waals surface area contributed by atoms with Crippen molar-refractivity contribution >= 4 is 11.8 Å². The molecule has 2 amide bonds. The van der Waals surface area contributed by atoms with Gasteiger partial charge in [-0.2, -0.15) is 0 Å². The Morgan fingerprint density at radius 3 is 2.67 bits per heavy atom.